The fourth-order valence-corrected chi connectivity index (χ4v) is 0.967. The van der Waals surface area contributed by atoms with Crippen LogP contribution in [0.15, 0.2) is 18.2 Å². The molecule has 0 aliphatic heterocycles. The molecule has 0 heterocycles. The minimum atomic E-state index is -4.33. The quantitative estimate of drug-likeness (QED) is 0.723. The lowest BCUT2D eigenvalue weighted by Gasteiger charge is -2.09. The van der Waals surface area contributed by atoms with Gasteiger partial charge in [0.1, 0.15) is 0 Å². The van der Waals surface area contributed by atoms with Crippen molar-refractivity contribution in [2.45, 2.75) is 6.18 Å². The topological polar surface area (TPSA) is 38.0 Å². The van der Waals surface area contributed by atoms with E-state index in [9.17, 15) is 13.2 Å². The van der Waals surface area contributed by atoms with Crippen molar-refractivity contribution in [3.63, 3.8) is 0 Å². The molecule has 0 bridgehead atoms. The highest BCUT2D eigenvalue weighted by molar-refractivity contribution is 5.85. The van der Waals surface area contributed by atoms with E-state index in [1.165, 1.54) is 6.07 Å². The van der Waals surface area contributed by atoms with Crippen molar-refractivity contribution in [3.05, 3.63) is 23.8 Å². The van der Waals surface area contributed by atoms with E-state index in [1.54, 1.807) is 7.05 Å². The van der Waals surface area contributed by atoms with Gasteiger partial charge in [0.25, 0.3) is 0 Å². The molecule has 2 nitrogen and oxygen atoms in total. The van der Waals surface area contributed by atoms with Crippen LogP contribution in [0.25, 0.3) is 0 Å². The molecular weight excluding hydrogens is 217 g/mol. The Hall–Kier alpha value is -1.10. The molecule has 0 atom stereocenters. The zero-order valence-corrected chi connectivity index (χ0v) is 8.17. The fourth-order valence-electron chi connectivity index (χ4n) is 0.967. The SMILES string of the molecule is CNc1ccc(C(F)(F)F)cc1N.Cl. The van der Waals surface area contributed by atoms with Crippen molar-refractivity contribution in [2.24, 2.45) is 0 Å². The van der Waals surface area contributed by atoms with Gasteiger partial charge in [-0.1, -0.05) is 0 Å². The number of halogens is 4. The summed E-state index contributed by atoms with van der Waals surface area (Å²) in [6.07, 6.45) is -4.33. The fraction of sp³-hybridized carbons (Fsp3) is 0.250. The van der Waals surface area contributed by atoms with Gasteiger partial charge < -0.3 is 11.1 Å². The minimum Gasteiger partial charge on any atom is -0.397 e. The molecule has 0 amide bonds. The number of benzene rings is 1. The van der Waals surface area contributed by atoms with E-state index in [0.717, 1.165) is 12.1 Å². The maximum atomic E-state index is 12.1. The first-order valence-corrected chi connectivity index (χ1v) is 3.59. The van der Waals surface area contributed by atoms with Crippen LogP contribution in [0.4, 0.5) is 24.5 Å². The molecule has 0 aliphatic rings. The Kier molecular flexibility index (Phi) is 4.07. The molecule has 0 spiro atoms. The van der Waals surface area contributed by atoms with Gasteiger partial charge >= 0.3 is 6.18 Å². The number of hydrogen-bond acceptors (Lipinski definition) is 2. The number of hydrogen-bond donors (Lipinski definition) is 2. The van der Waals surface area contributed by atoms with E-state index in [2.05, 4.69) is 5.32 Å². The van der Waals surface area contributed by atoms with Gasteiger partial charge in [-0.15, -0.1) is 12.4 Å². The van der Waals surface area contributed by atoms with Gasteiger partial charge in [0.15, 0.2) is 0 Å². The van der Waals surface area contributed by atoms with Crippen molar-refractivity contribution in [1.29, 1.82) is 0 Å². The van der Waals surface area contributed by atoms with E-state index in [-0.39, 0.29) is 18.1 Å². The Morgan fingerprint density at radius 1 is 1.29 bits per heavy atom. The number of rotatable bonds is 1. The summed E-state index contributed by atoms with van der Waals surface area (Å²) in [6.45, 7) is 0. The maximum absolute atomic E-state index is 12.1. The van der Waals surface area contributed by atoms with Crippen LogP contribution in [-0.4, -0.2) is 7.05 Å². The van der Waals surface area contributed by atoms with Crippen LogP contribution in [0, 0.1) is 0 Å². The van der Waals surface area contributed by atoms with E-state index in [1.807, 2.05) is 0 Å². The van der Waals surface area contributed by atoms with Crippen LogP contribution in [-0.2, 0) is 6.18 Å². The Morgan fingerprint density at radius 2 is 1.86 bits per heavy atom. The van der Waals surface area contributed by atoms with Gasteiger partial charge in [0, 0.05) is 7.05 Å². The van der Waals surface area contributed by atoms with Gasteiger partial charge in [-0.3, -0.25) is 0 Å². The summed E-state index contributed by atoms with van der Waals surface area (Å²) in [7, 11) is 1.60. The molecular formula is C8H10ClF3N2. The van der Waals surface area contributed by atoms with E-state index in [4.69, 9.17) is 5.73 Å². The van der Waals surface area contributed by atoms with Crippen LogP contribution in [0.5, 0.6) is 0 Å². The number of nitrogens with two attached hydrogens (primary N) is 1. The van der Waals surface area contributed by atoms with Crippen molar-refractivity contribution in [2.75, 3.05) is 18.1 Å². The smallest absolute Gasteiger partial charge is 0.397 e. The lowest BCUT2D eigenvalue weighted by molar-refractivity contribution is -0.137. The summed E-state index contributed by atoms with van der Waals surface area (Å²) < 4.78 is 36.4. The Morgan fingerprint density at radius 3 is 2.21 bits per heavy atom. The minimum absolute atomic E-state index is 0. The largest absolute Gasteiger partial charge is 0.416 e. The van der Waals surface area contributed by atoms with Crippen LogP contribution >= 0.6 is 12.4 Å². The molecule has 0 saturated carbocycles. The maximum Gasteiger partial charge on any atom is 0.416 e. The monoisotopic (exact) mass is 226 g/mol. The summed E-state index contributed by atoms with van der Waals surface area (Å²) in [4.78, 5) is 0. The third-order valence-corrected chi connectivity index (χ3v) is 1.65. The molecule has 0 fully saturated rings. The molecule has 80 valence electrons. The van der Waals surface area contributed by atoms with Gasteiger partial charge in [-0.2, -0.15) is 13.2 Å². The Bertz CT molecular complexity index is 312. The van der Waals surface area contributed by atoms with Gasteiger partial charge in [0.2, 0.25) is 0 Å². The lowest BCUT2D eigenvalue weighted by atomic mass is 10.1. The zero-order valence-electron chi connectivity index (χ0n) is 7.35. The molecule has 1 aromatic rings. The number of alkyl halides is 3. The average Bonchev–Trinajstić information content (AvgIpc) is 2.02. The van der Waals surface area contributed by atoms with Crippen LogP contribution in [0.2, 0.25) is 0 Å². The molecule has 0 aliphatic carbocycles. The molecule has 6 heteroatoms. The van der Waals surface area contributed by atoms with Crippen molar-refractivity contribution in [1.82, 2.24) is 0 Å². The van der Waals surface area contributed by atoms with Gasteiger partial charge in [-0.05, 0) is 18.2 Å². The molecule has 14 heavy (non-hydrogen) atoms. The number of nitrogen functional groups attached to an aromatic ring is 1. The first kappa shape index (κ1) is 12.9. The number of anilines is 2. The molecule has 0 unspecified atom stereocenters. The molecule has 0 radical (unpaired) electrons. The highest BCUT2D eigenvalue weighted by Crippen LogP contribution is 2.32. The second kappa shape index (κ2) is 4.41. The van der Waals surface area contributed by atoms with E-state index < -0.39 is 11.7 Å². The second-order valence-corrected chi connectivity index (χ2v) is 2.55. The van der Waals surface area contributed by atoms with Crippen LogP contribution in [0.1, 0.15) is 5.56 Å². The van der Waals surface area contributed by atoms with E-state index >= 15 is 0 Å². The predicted octanol–water partition coefficient (Wildman–Crippen LogP) is 2.75. The average molecular weight is 227 g/mol. The summed E-state index contributed by atoms with van der Waals surface area (Å²) in [5, 5.41) is 2.68. The molecule has 1 rings (SSSR count). The summed E-state index contributed by atoms with van der Waals surface area (Å²) in [5.74, 6) is 0. The normalized spacial score (nSPS) is 10.6. The van der Waals surface area contributed by atoms with Crippen molar-refractivity contribution in [3.8, 4) is 0 Å². The summed E-state index contributed by atoms with van der Waals surface area (Å²) in [6, 6.07) is 3.20. The van der Waals surface area contributed by atoms with Crippen LogP contribution in [0.3, 0.4) is 0 Å². The molecule has 3 N–H and O–H groups in total. The third kappa shape index (κ3) is 2.70. The zero-order chi connectivity index (χ0) is 10.1. The van der Waals surface area contributed by atoms with Gasteiger partial charge in [0.05, 0.1) is 16.9 Å². The first-order valence-electron chi connectivity index (χ1n) is 3.59. The van der Waals surface area contributed by atoms with Crippen LogP contribution < -0.4 is 11.1 Å². The molecule has 1 aromatic carbocycles. The second-order valence-electron chi connectivity index (χ2n) is 2.55. The Balaban J connectivity index is 0.00000169. The van der Waals surface area contributed by atoms with Crippen molar-refractivity contribution >= 4 is 23.8 Å². The highest BCUT2D eigenvalue weighted by Gasteiger charge is 2.30. The summed E-state index contributed by atoms with van der Waals surface area (Å²) in [5.41, 5.74) is 5.22. The predicted molar refractivity (Wildman–Crippen MR) is 52.7 cm³/mol. The van der Waals surface area contributed by atoms with Gasteiger partial charge in [-0.25, -0.2) is 0 Å². The summed E-state index contributed by atoms with van der Waals surface area (Å²) >= 11 is 0. The Labute approximate surface area is 85.7 Å². The molecule has 0 saturated heterocycles. The highest BCUT2D eigenvalue weighted by atomic mass is 35.5. The number of nitrogens with one attached hydrogen (secondary N) is 1. The standard InChI is InChI=1S/C8H9F3N2.ClH/c1-13-7-3-2-5(4-6(7)12)8(9,10)11;/h2-4,13H,12H2,1H3;1H. The van der Waals surface area contributed by atoms with Crippen molar-refractivity contribution < 1.29 is 13.2 Å². The first-order chi connectivity index (χ1) is 5.95. The lowest BCUT2D eigenvalue weighted by Crippen LogP contribution is -2.06. The third-order valence-electron chi connectivity index (χ3n) is 1.65. The van der Waals surface area contributed by atoms with E-state index in [0.29, 0.717) is 5.69 Å². The molecule has 0 aromatic heterocycles.